The van der Waals surface area contributed by atoms with Gasteiger partial charge in [-0.2, -0.15) is 0 Å². The number of piperidine rings is 1. The molecule has 1 unspecified atom stereocenters. The fourth-order valence-corrected chi connectivity index (χ4v) is 3.39. The summed E-state index contributed by atoms with van der Waals surface area (Å²) in [4.78, 5) is 31.4. The minimum absolute atomic E-state index is 0.116. The van der Waals surface area contributed by atoms with Crippen LogP contribution in [0.2, 0.25) is 0 Å². The van der Waals surface area contributed by atoms with Crippen molar-refractivity contribution < 1.29 is 14.0 Å². The van der Waals surface area contributed by atoms with Crippen LogP contribution in [0, 0.1) is 5.82 Å². The van der Waals surface area contributed by atoms with Gasteiger partial charge in [-0.05, 0) is 55.5 Å². The molecule has 0 aliphatic carbocycles. The van der Waals surface area contributed by atoms with Crippen molar-refractivity contribution in [2.45, 2.75) is 45.2 Å². The molecule has 1 saturated heterocycles. The van der Waals surface area contributed by atoms with Gasteiger partial charge in [0.05, 0.1) is 0 Å². The average Bonchev–Trinajstić information content (AvgIpc) is 2.72. The maximum absolute atomic E-state index is 12.9. The lowest BCUT2D eigenvalue weighted by Gasteiger charge is -2.35. The maximum Gasteiger partial charge on any atom is 0.272 e. The molecule has 1 N–H and O–H groups in total. The molecule has 0 spiro atoms. The van der Waals surface area contributed by atoms with Crippen LogP contribution in [-0.2, 0) is 6.54 Å². The third kappa shape index (κ3) is 4.70. The first-order chi connectivity index (χ1) is 13.1. The van der Waals surface area contributed by atoms with E-state index in [0.717, 1.165) is 37.8 Å². The topological polar surface area (TPSA) is 62.3 Å². The van der Waals surface area contributed by atoms with Gasteiger partial charge in [-0.15, -0.1) is 0 Å². The van der Waals surface area contributed by atoms with Crippen molar-refractivity contribution in [2.24, 2.45) is 0 Å². The summed E-state index contributed by atoms with van der Waals surface area (Å²) in [6.45, 7) is 3.09. The van der Waals surface area contributed by atoms with Crippen LogP contribution in [-0.4, -0.2) is 34.3 Å². The standard InChI is InChI=1S/C21H24FN3O2/c1-2-17-6-3-4-13-25(17)21(27)19-8-5-7-18(24-19)20(26)23-14-15-9-11-16(22)12-10-15/h5,7-12,17H,2-4,6,13-14H2,1H3,(H,23,26). The highest BCUT2D eigenvalue weighted by molar-refractivity contribution is 5.96. The molecule has 1 aromatic heterocycles. The lowest BCUT2D eigenvalue weighted by atomic mass is 9.99. The van der Waals surface area contributed by atoms with Crippen molar-refractivity contribution in [1.82, 2.24) is 15.2 Å². The molecule has 0 radical (unpaired) electrons. The molecule has 2 heterocycles. The van der Waals surface area contributed by atoms with Crippen molar-refractivity contribution in [3.05, 3.63) is 65.2 Å². The van der Waals surface area contributed by atoms with E-state index in [0.29, 0.717) is 5.69 Å². The Morgan fingerprint density at radius 2 is 1.89 bits per heavy atom. The van der Waals surface area contributed by atoms with Crippen LogP contribution < -0.4 is 5.32 Å². The summed E-state index contributed by atoms with van der Waals surface area (Å²) >= 11 is 0. The van der Waals surface area contributed by atoms with Crippen molar-refractivity contribution >= 4 is 11.8 Å². The lowest BCUT2D eigenvalue weighted by molar-refractivity contribution is 0.0602. The molecule has 0 saturated carbocycles. The summed E-state index contributed by atoms with van der Waals surface area (Å²) in [6.07, 6.45) is 4.07. The summed E-state index contributed by atoms with van der Waals surface area (Å²) in [5, 5.41) is 2.75. The van der Waals surface area contributed by atoms with E-state index in [2.05, 4.69) is 17.2 Å². The molecule has 142 valence electrons. The molecule has 2 amide bonds. The number of carbonyl (C=O) groups excluding carboxylic acids is 2. The highest BCUT2D eigenvalue weighted by atomic mass is 19.1. The van der Waals surface area contributed by atoms with E-state index in [1.54, 1.807) is 30.3 Å². The number of hydrogen-bond donors (Lipinski definition) is 1. The van der Waals surface area contributed by atoms with Gasteiger partial charge in [0.15, 0.2) is 0 Å². The molecular weight excluding hydrogens is 345 g/mol. The molecule has 0 bridgehead atoms. The Balaban J connectivity index is 1.67. The first kappa shape index (κ1) is 19.0. The number of nitrogens with zero attached hydrogens (tertiary/aromatic N) is 2. The summed E-state index contributed by atoms with van der Waals surface area (Å²) in [5.41, 5.74) is 1.29. The highest BCUT2D eigenvalue weighted by Crippen LogP contribution is 2.21. The minimum Gasteiger partial charge on any atom is -0.347 e. The van der Waals surface area contributed by atoms with E-state index in [-0.39, 0.29) is 35.9 Å². The molecular formula is C21H24FN3O2. The van der Waals surface area contributed by atoms with E-state index in [1.807, 2.05) is 4.90 Å². The number of pyridine rings is 1. The number of nitrogens with one attached hydrogen (secondary N) is 1. The Kier molecular flexibility index (Phi) is 6.16. The Morgan fingerprint density at radius 3 is 2.63 bits per heavy atom. The van der Waals surface area contributed by atoms with Crippen LogP contribution in [0.5, 0.6) is 0 Å². The van der Waals surface area contributed by atoms with Gasteiger partial charge in [-0.1, -0.05) is 25.1 Å². The van der Waals surface area contributed by atoms with Gasteiger partial charge in [0.2, 0.25) is 0 Å². The zero-order valence-corrected chi connectivity index (χ0v) is 15.5. The largest absolute Gasteiger partial charge is 0.347 e. The van der Waals surface area contributed by atoms with Gasteiger partial charge >= 0.3 is 0 Å². The normalized spacial score (nSPS) is 16.8. The number of carbonyl (C=O) groups is 2. The molecule has 3 rings (SSSR count). The maximum atomic E-state index is 12.9. The third-order valence-corrected chi connectivity index (χ3v) is 4.93. The monoisotopic (exact) mass is 369 g/mol. The van der Waals surface area contributed by atoms with Gasteiger partial charge in [0.25, 0.3) is 11.8 Å². The van der Waals surface area contributed by atoms with Gasteiger partial charge < -0.3 is 10.2 Å². The summed E-state index contributed by atoms with van der Waals surface area (Å²) in [6, 6.07) is 11.1. The number of benzene rings is 1. The second kappa shape index (κ2) is 8.75. The van der Waals surface area contributed by atoms with E-state index in [4.69, 9.17) is 0 Å². The van der Waals surface area contributed by atoms with Crippen LogP contribution in [0.25, 0.3) is 0 Å². The number of rotatable bonds is 5. The quantitative estimate of drug-likeness (QED) is 0.877. The predicted octanol–water partition coefficient (Wildman–Crippen LogP) is 3.56. The van der Waals surface area contributed by atoms with Crippen molar-refractivity contribution in [3.63, 3.8) is 0 Å². The molecule has 1 aliphatic heterocycles. The van der Waals surface area contributed by atoms with Gasteiger partial charge in [-0.25, -0.2) is 9.37 Å². The van der Waals surface area contributed by atoms with Crippen molar-refractivity contribution in [3.8, 4) is 0 Å². The molecule has 6 heteroatoms. The number of hydrogen-bond acceptors (Lipinski definition) is 3. The van der Waals surface area contributed by atoms with Crippen molar-refractivity contribution in [1.29, 1.82) is 0 Å². The van der Waals surface area contributed by atoms with Crippen LogP contribution in [0.1, 0.15) is 59.1 Å². The lowest BCUT2D eigenvalue weighted by Crippen LogP contribution is -2.43. The third-order valence-electron chi connectivity index (χ3n) is 4.93. The van der Waals surface area contributed by atoms with E-state index in [9.17, 15) is 14.0 Å². The number of aromatic nitrogens is 1. The first-order valence-corrected chi connectivity index (χ1v) is 9.39. The fraction of sp³-hybridized carbons (Fsp3) is 0.381. The van der Waals surface area contributed by atoms with E-state index < -0.39 is 0 Å². The Bertz CT molecular complexity index is 807. The molecule has 5 nitrogen and oxygen atoms in total. The molecule has 27 heavy (non-hydrogen) atoms. The smallest absolute Gasteiger partial charge is 0.272 e. The second-order valence-corrected chi connectivity index (χ2v) is 6.77. The van der Waals surface area contributed by atoms with Crippen LogP contribution >= 0.6 is 0 Å². The Morgan fingerprint density at radius 1 is 1.15 bits per heavy atom. The number of halogens is 1. The van der Waals surface area contributed by atoms with Crippen molar-refractivity contribution in [2.75, 3.05) is 6.54 Å². The number of likely N-dealkylation sites (tertiary alicyclic amines) is 1. The molecule has 1 aromatic carbocycles. The molecule has 1 aliphatic rings. The van der Waals surface area contributed by atoms with Crippen LogP contribution in [0.3, 0.4) is 0 Å². The molecule has 1 atom stereocenters. The van der Waals surface area contributed by atoms with Gasteiger partial charge in [-0.3, -0.25) is 9.59 Å². The average molecular weight is 369 g/mol. The summed E-state index contributed by atoms with van der Waals surface area (Å²) in [7, 11) is 0. The second-order valence-electron chi connectivity index (χ2n) is 6.77. The molecule has 1 fully saturated rings. The van der Waals surface area contributed by atoms with E-state index >= 15 is 0 Å². The Hall–Kier alpha value is -2.76. The minimum atomic E-state index is -0.361. The summed E-state index contributed by atoms with van der Waals surface area (Å²) in [5.74, 6) is -0.796. The fourth-order valence-electron chi connectivity index (χ4n) is 3.39. The Labute approximate surface area is 158 Å². The predicted molar refractivity (Wildman–Crippen MR) is 101 cm³/mol. The molecule has 2 aromatic rings. The van der Waals surface area contributed by atoms with Gasteiger partial charge in [0.1, 0.15) is 17.2 Å². The first-order valence-electron chi connectivity index (χ1n) is 9.39. The highest BCUT2D eigenvalue weighted by Gasteiger charge is 2.27. The van der Waals surface area contributed by atoms with Crippen LogP contribution in [0.4, 0.5) is 4.39 Å². The van der Waals surface area contributed by atoms with E-state index in [1.165, 1.54) is 12.1 Å². The number of amides is 2. The van der Waals surface area contributed by atoms with Crippen LogP contribution in [0.15, 0.2) is 42.5 Å². The van der Waals surface area contributed by atoms with Gasteiger partial charge in [0, 0.05) is 19.1 Å². The SMILES string of the molecule is CCC1CCCCN1C(=O)c1cccc(C(=O)NCc2ccc(F)cc2)n1. The zero-order chi connectivity index (χ0) is 19.2. The zero-order valence-electron chi connectivity index (χ0n) is 15.5. The summed E-state index contributed by atoms with van der Waals surface area (Å²) < 4.78 is 12.9.